The number of carbonyl (C=O) groups is 1. The second-order valence-corrected chi connectivity index (χ2v) is 5.02. The van der Waals surface area contributed by atoms with Crippen molar-refractivity contribution >= 4 is 5.78 Å². The number of Topliss-reactive ketones (excluding diaryl/α,β-unsaturated/α-hetero) is 1. The van der Waals surface area contributed by atoms with Gasteiger partial charge in [0.25, 0.3) is 0 Å². The highest BCUT2D eigenvalue weighted by atomic mass is 19.1. The molecule has 96 valence electrons. The van der Waals surface area contributed by atoms with E-state index >= 15 is 0 Å². The summed E-state index contributed by atoms with van der Waals surface area (Å²) in [6.07, 6.45) is 3.67. The van der Waals surface area contributed by atoms with Crippen molar-refractivity contribution in [3.05, 3.63) is 47.5 Å². The number of hydrogen-bond donors (Lipinski definition) is 0. The Morgan fingerprint density at radius 1 is 1.28 bits per heavy atom. The van der Waals surface area contributed by atoms with E-state index in [0.717, 1.165) is 18.4 Å². The first-order valence-corrected chi connectivity index (χ1v) is 6.15. The molecule has 0 spiro atoms. The number of benzene rings is 1. The largest absolute Gasteiger partial charge is 0.490 e. The quantitative estimate of drug-likeness (QED) is 0.819. The summed E-state index contributed by atoms with van der Waals surface area (Å²) in [4.78, 5) is 12.4. The number of hydrogen-bond acceptors (Lipinski definition) is 2. The minimum Gasteiger partial charge on any atom is -0.490 e. The molecule has 0 saturated heterocycles. The molecule has 0 amide bonds. The number of allylic oxidation sites excluding steroid dienone is 2. The van der Waals surface area contributed by atoms with Crippen LogP contribution in [0.5, 0.6) is 0 Å². The fraction of sp³-hybridized carbons (Fsp3) is 0.400. The summed E-state index contributed by atoms with van der Waals surface area (Å²) in [6, 6.07) is 6.05. The summed E-state index contributed by atoms with van der Waals surface area (Å²) in [5.74, 6) is 0.0968. The molecule has 2 nitrogen and oxygen atoms in total. The first-order valence-electron chi connectivity index (χ1n) is 6.15. The molecule has 0 bridgehead atoms. The van der Waals surface area contributed by atoms with Gasteiger partial charge in [-0.3, -0.25) is 4.79 Å². The minimum atomic E-state index is -0.698. The fourth-order valence-electron chi connectivity index (χ4n) is 2.02. The first-order chi connectivity index (χ1) is 8.51. The SMILES string of the molecule is CC(C)(C(=O)C1=CCCCO1)c1ccc(F)cc1. The average Bonchev–Trinajstić information content (AvgIpc) is 2.39. The number of ketones is 1. The van der Waals surface area contributed by atoms with Crippen LogP contribution in [0, 0.1) is 5.82 Å². The maximum atomic E-state index is 12.9. The molecule has 0 fully saturated rings. The molecule has 1 aliphatic heterocycles. The molecule has 0 unspecified atom stereocenters. The van der Waals surface area contributed by atoms with Crippen LogP contribution in [0.15, 0.2) is 36.1 Å². The zero-order valence-corrected chi connectivity index (χ0v) is 10.7. The summed E-state index contributed by atoms with van der Waals surface area (Å²) >= 11 is 0. The van der Waals surface area contributed by atoms with Crippen molar-refractivity contribution in [2.75, 3.05) is 6.61 Å². The Labute approximate surface area is 106 Å². The third-order valence-corrected chi connectivity index (χ3v) is 3.29. The van der Waals surface area contributed by atoms with Gasteiger partial charge < -0.3 is 4.74 Å². The van der Waals surface area contributed by atoms with Gasteiger partial charge in [-0.25, -0.2) is 4.39 Å². The van der Waals surface area contributed by atoms with Crippen LogP contribution in [0.2, 0.25) is 0 Å². The van der Waals surface area contributed by atoms with Crippen molar-refractivity contribution in [3.8, 4) is 0 Å². The molecule has 18 heavy (non-hydrogen) atoms. The highest BCUT2D eigenvalue weighted by molar-refractivity contribution is 6.01. The molecular formula is C15H17FO2. The minimum absolute atomic E-state index is 0.0474. The monoisotopic (exact) mass is 248 g/mol. The highest BCUT2D eigenvalue weighted by Crippen LogP contribution is 2.29. The van der Waals surface area contributed by atoms with Gasteiger partial charge in [0.2, 0.25) is 5.78 Å². The Bertz CT molecular complexity index is 472. The molecule has 0 aliphatic carbocycles. The molecule has 1 heterocycles. The Hall–Kier alpha value is -1.64. The molecular weight excluding hydrogens is 231 g/mol. The Kier molecular flexibility index (Phi) is 3.50. The zero-order chi connectivity index (χ0) is 13.2. The lowest BCUT2D eigenvalue weighted by Crippen LogP contribution is -2.32. The van der Waals surface area contributed by atoms with Crippen LogP contribution in [0.1, 0.15) is 32.3 Å². The Balaban J connectivity index is 2.27. The molecule has 1 aromatic rings. The van der Waals surface area contributed by atoms with Crippen LogP contribution in [-0.4, -0.2) is 12.4 Å². The van der Waals surface area contributed by atoms with E-state index in [1.807, 2.05) is 19.9 Å². The second kappa shape index (κ2) is 4.92. The van der Waals surface area contributed by atoms with Crippen LogP contribution in [0.25, 0.3) is 0 Å². The van der Waals surface area contributed by atoms with Crippen molar-refractivity contribution < 1.29 is 13.9 Å². The van der Waals surface area contributed by atoms with Gasteiger partial charge in [0.1, 0.15) is 5.82 Å². The van der Waals surface area contributed by atoms with Crippen molar-refractivity contribution in [2.24, 2.45) is 0 Å². The number of halogens is 1. The van der Waals surface area contributed by atoms with E-state index in [2.05, 4.69) is 0 Å². The van der Waals surface area contributed by atoms with Gasteiger partial charge >= 0.3 is 0 Å². The number of carbonyl (C=O) groups excluding carboxylic acids is 1. The number of rotatable bonds is 3. The lowest BCUT2D eigenvalue weighted by Gasteiger charge is -2.26. The third-order valence-electron chi connectivity index (χ3n) is 3.29. The van der Waals surface area contributed by atoms with E-state index < -0.39 is 5.41 Å². The molecule has 3 heteroatoms. The van der Waals surface area contributed by atoms with Crippen molar-refractivity contribution in [1.29, 1.82) is 0 Å². The molecule has 0 N–H and O–H groups in total. The third kappa shape index (κ3) is 2.45. The maximum Gasteiger partial charge on any atom is 0.206 e. The summed E-state index contributed by atoms with van der Waals surface area (Å²) < 4.78 is 18.3. The van der Waals surface area contributed by atoms with Crippen LogP contribution < -0.4 is 0 Å². The van der Waals surface area contributed by atoms with Crippen LogP contribution in [0.4, 0.5) is 4.39 Å². The van der Waals surface area contributed by atoms with Crippen LogP contribution >= 0.6 is 0 Å². The topological polar surface area (TPSA) is 26.3 Å². The van der Waals surface area contributed by atoms with Gasteiger partial charge in [-0.1, -0.05) is 12.1 Å². The normalized spacial score (nSPS) is 15.8. The van der Waals surface area contributed by atoms with Gasteiger partial charge in [0, 0.05) is 0 Å². The molecule has 1 aromatic carbocycles. The maximum absolute atomic E-state index is 12.9. The average molecular weight is 248 g/mol. The van der Waals surface area contributed by atoms with Crippen LogP contribution in [0.3, 0.4) is 0 Å². The van der Waals surface area contributed by atoms with E-state index in [4.69, 9.17) is 4.74 Å². The van der Waals surface area contributed by atoms with Gasteiger partial charge in [-0.15, -0.1) is 0 Å². The van der Waals surface area contributed by atoms with E-state index in [0.29, 0.717) is 12.4 Å². The molecule has 1 aliphatic rings. The van der Waals surface area contributed by atoms with E-state index in [9.17, 15) is 9.18 Å². The molecule has 2 rings (SSSR count). The summed E-state index contributed by atoms with van der Waals surface area (Å²) in [6.45, 7) is 4.26. The molecule has 0 atom stereocenters. The molecule has 0 saturated carbocycles. The highest BCUT2D eigenvalue weighted by Gasteiger charge is 2.33. The van der Waals surface area contributed by atoms with E-state index in [1.165, 1.54) is 12.1 Å². The van der Waals surface area contributed by atoms with E-state index in [1.54, 1.807) is 12.1 Å². The predicted molar refractivity (Wildman–Crippen MR) is 67.7 cm³/mol. The van der Waals surface area contributed by atoms with Gasteiger partial charge in [-0.05, 0) is 50.5 Å². The summed E-state index contributed by atoms with van der Waals surface area (Å²) in [5.41, 5.74) is 0.0978. The van der Waals surface area contributed by atoms with Crippen molar-refractivity contribution in [3.63, 3.8) is 0 Å². The fourth-order valence-corrected chi connectivity index (χ4v) is 2.02. The molecule has 0 aromatic heterocycles. The van der Waals surface area contributed by atoms with Gasteiger partial charge in [0.15, 0.2) is 5.76 Å². The zero-order valence-electron chi connectivity index (χ0n) is 10.7. The number of ether oxygens (including phenoxy) is 1. The smallest absolute Gasteiger partial charge is 0.206 e. The lowest BCUT2D eigenvalue weighted by molar-refractivity contribution is -0.123. The second-order valence-electron chi connectivity index (χ2n) is 5.02. The lowest BCUT2D eigenvalue weighted by atomic mass is 9.79. The van der Waals surface area contributed by atoms with Crippen molar-refractivity contribution in [2.45, 2.75) is 32.1 Å². The first kappa shape index (κ1) is 12.8. The van der Waals surface area contributed by atoms with Gasteiger partial charge in [0.05, 0.1) is 12.0 Å². The summed E-state index contributed by atoms with van der Waals surface area (Å²) in [7, 11) is 0. The Morgan fingerprint density at radius 3 is 2.50 bits per heavy atom. The van der Waals surface area contributed by atoms with Gasteiger partial charge in [-0.2, -0.15) is 0 Å². The van der Waals surface area contributed by atoms with E-state index in [-0.39, 0.29) is 11.6 Å². The standard InChI is InChI=1S/C15H17FO2/c1-15(2,11-6-8-12(16)9-7-11)14(17)13-5-3-4-10-18-13/h5-9H,3-4,10H2,1-2H3. The predicted octanol–water partition coefficient (Wildman–Crippen LogP) is 3.37. The van der Waals surface area contributed by atoms with Crippen molar-refractivity contribution in [1.82, 2.24) is 0 Å². The Morgan fingerprint density at radius 2 is 1.94 bits per heavy atom. The summed E-state index contributed by atoms with van der Waals surface area (Å²) in [5, 5.41) is 0. The molecule has 0 radical (unpaired) electrons. The van der Waals surface area contributed by atoms with Crippen LogP contribution in [-0.2, 0) is 14.9 Å².